The SMILES string of the molecule is Cc1ccc(-c2cc(C(=O)N/N=C\c3ccccc3F)nn2-c2ccccc2C)cc1. The molecule has 1 heterocycles. The van der Waals surface area contributed by atoms with E-state index in [2.05, 4.69) is 15.6 Å². The molecule has 3 aromatic carbocycles. The highest BCUT2D eigenvalue weighted by molar-refractivity contribution is 5.94. The van der Waals surface area contributed by atoms with Crippen LogP contribution in [0.1, 0.15) is 27.2 Å². The van der Waals surface area contributed by atoms with Crippen molar-refractivity contribution in [2.75, 3.05) is 0 Å². The summed E-state index contributed by atoms with van der Waals surface area (Å²) in [6.45, 7) is 4.02. The topological polar surface area (TPSA) is 59.3 Å². The molecule has 154 valence electrons. The molecule has 0 aliphatic carbocycles. The van der Waals surface area contributed by atoms with Gasteiger partial charge in [0.05, 0.1) is 17.6 Å². The quantitative estimate of drug-likeness (QED) is 0.368. The minimum Gasteiger partial charge on any atom is -0.265 e. The maximum Gasteiger partial charge on any atom is 0.291 e. The number of rotatable bonds is 5. The van der Waals surface area contributed by atoms with Gasteiger partial charge in [0, 0.05) is 11.1 Å². The number of aromatic nitrogens is 2. The van der Waals surface area contributed by atoms with Gasteiger partial charge < -0.3 is 0 Å². The van der Waals surface area contributed by atoms with Crippen LogP contribution in [0, 0.1) is 19.7 Å². The van der Waals surface area contributed by atoms with E-state index in [0.717, 1.165) is 28.1 Å². The van der Waals surface area contributed by atoms with E-state index < -0.39 is 11.7 Å². The maximum atomic E-state index is 13.7. The van der Waals surface area contributed by atoms with Gasteiger partial charge in [-0.3, -0.25) is 4.79 Å². The fourth-order valence-corrected chi connectivity index (χ4v) is 3.20. The minimum atomic E-state index is -0.478. The summed E-state index contributed by atoms with van der Waals surface area (Å²) >= 11 is 0. The predicted molar refractivity (Wildman–Crippen MR) is 120 cm³/mol. The zero-order valence-corrected chi connectivity index (χ0v) is 17.2. The van der Waals surface area contributed by atoms with Crippen molar-refractivity contribution in [3.05, 3.63) is 107 Å². The number of nitrogens with one attached hydrogen (secondary N) is 1. The molecule has 6 heteroatoms. The Labute approximate surface area is 179 Å². The maximum absolute atomic E-state index is 13.7. The van der Waals surface area contributed by atoms with Crippen LogP contribution in [0.25, 0.3) is 16.9 Å². The molecule has 0 bridgehead atoms. The Morgan fingerprint density at radius 1 is 1.00 bits per heavy atom. The third-order valence-electron chi connectivity index (χ3n) is 4.91. The fraction of sp³-hybridized carbons (Fsp3) is 0.0800. The predicted octanol–water partition coefficient (Wildman–Crippen LogP) is 5.06. The first-order chi connectivity index (χ1) is 15.0. The zero-order valence-electron chi connectivity index (χ0n) is 17.2. The first kappa shape index (κ1) is 20.2. The summed E-state index contributed by atoms with van der Waals surface area (Å²) in [4.78, 5) is 12.7. The summed E-state index contributed by atoms with van der Waals surface area (Å²) in [6.07, 6.45) is 1.27. The number of carbonyl (C=O) groups is 1. The zero-order chi connectivity index (χ0) is 21.8. The molecule has 1 amide bonds. The molecular formula is C25H21FN4O. The molecule has 0 radical (unpaired) electrons. The summed E-state index contributed by atoms with van der Waals surface area (Å²) < 4.78 is 15.5. The summed E-state index contributed by atoms with van der Waals surface area (Å²) in [6, 6.07) is 23.8. The minimum absolute atomic E-state index is 0.213. The second kappa shape index (κ2) is 8.75. The van der Waals surface area contributed by atoms with E-state index in [1.165, 1.54) is 12.3 Å². The number of hydrogen-bond donors (Lipinski definition) is 1. The number of aryl methyl sites for hydroxylation is 2. The number of hydrazone groups is 1. The van der Waals surface area contributed by atoms with Gasteiger partial charge in [0.1, 0.15) is 5.82 Å². The van der Waals surface area contributed by atoms with Crippen LogP contribution < -0.4 is 5.43 Å². The summed E-state index contributed by atoms with van der Waals surface area (Å²) in [5.74, 6) is -0.890. The first-order valence-corrected chi connectivity index (χ1v) is 9.84. The number of amides is 1. The van der Waals surface area contributed by atoms with Gasteiger partial charge in [-0.25, -0.2) is 14.5 Å². The van der Waals surface area contributed by atoms with Crippen LogP contribution in [0.4, 0.5) is 4.39 Å². The normalized spacial score (nSPS) is 11.1. The Hall–Kier alpha value is -4.06. The Balaban J connectivity index is 1.68. The lowest BCUT2D eigenvalue weighted by atomic mass is 10.1. The molecule has 0 unspecified atom stereocenters. The average molecular weight is 412 g/mol. The van der Waals surface area contributed by atoms with Crippen molar-refractivity contribution in [2.24, 2.45) is 5.10 Å². The van der Waals surface area contributed by atoms with Gasteiger partial charge >= 0.3 is 0 Å². The van der Waals surface area contributed by atoms with Crippen molar-refractivity contribution in [2.45, 2.75) is 13.8 Å². The number of nitrogens with zero attached hydrogens (tertiary/aromatic N) is 3. The molecule has 31 heavy (non-hydrogen) atoms. The van der Waals surface area contributed by atoms with E-state index in [4.69, 9.17) is 0 Å². The Morgan fingerprint density at radius 2 is 1.71 bits per heavy atom. The molecule has 0 saturated carbocycles. The van der Waals surface area contributed by atoms with E-state index in [9.17, 15) is 9.18 Å². The van der Waals surface area contributed by atoms with Gasteiger partial charge in [0.25, 0.3) is 5.91 Å². The van der Waals surface area contributed by atoms with E-state index in [1.54, 1.807) is 28.9 Å². The van der Waals surface area contributed by atoms with Crippen LogP contribution in [0.2, 0.25) is 0 Å². The molecule has 0 aliphatic heterocycles. The molecule has 0 saturated heterocycles. The van der Waals surface area contributed by atoms with Crippen molar-refractivity contribution in [3.63, 3.8) is 0 Å². The Morgan fingerprint density at radius 3 is 2.45 bits per heavy atom. The second-order valence-electron chi connectivity index (χ2n) is 7.20. The number of carbonyl (C=O) groups excluding carboxylic acids is 1. The van der Waals surface area contributed by atoms with Crippen molar-refractivity contribution in [1.82, 2.24) is 15.2 Å². The third kappa shape index (κ3) is 4.43. The van der Waals surface area contributed by atoms with Crippen LogP contribution in [-0.4, -0.2) is 21.9 Å². The van der Waals surface area contributed by atoms with Gasteiger partial charge in [-0.05, 0) is 37.6 Å². The molecule has 0 fully saturated rings. The van der Waals surface area contributed by atoms with Gasteiger partial charge in [-0.15, -0.1) is 0 Å². The lowest BCUT2D eigenvalue weighted by Gasteiger charge is -2.10. The van der Waals surface area contributed by atoms with Crippen molar-refractivity contribution in [1.29, 1.82) is 0 Å². The molecule has 1 N–H and O–H groups in total. The monoisotopic (exact) mass is 412 g/mol. The van der Waals surface area contributed by atoms with E-state index in [1.807, 2.05) is 62.4 Å². The lowest BCUT2D eigenvalue weighted by molar-refractivity contribution is 0.0949. The molecule has 4 aromatic rings. The van der Waals surface area contributed by atoms with Gasteiger partial charge in [0.2, 0.25) is 0 Å². The Kier molecular flexibility index (Phi) is 5.71. The molecular weight excluding hydrogens is 391 g/mol. The summed E-state index contributed by atoms with van der Waals surface area (Å²) in [5.41, 5.74) is 7.71. The average Bonchev–Trinajstić information content (AvgIpc) is 3.21. The molecule has 0 aliphatic rings. The van der Waals surface area contributed by atoms with Gasteiger partial charge in [-0.1, -0.05) is 66.2 Å². The van der Waals surface area contributed by atoms with Crippen LogP contribution in [0.15, 0.2) is 84.0 Å². The number of hydrogen-bond acceptors (Lipinski definition) is 3. The standard InChI is InChI=1S/C25H21FN4O/c1-17-11-13-19(14-12-17)24-15-22(29-30(24)23-10-6-3-7-18(23)2)25(31)28-27-16-20-8-4-5-9-21(20)26/h3-16H,1-2H3,(H,28,31)/b27-16-. The fourth-order valence-electron chi connectivity index (χ4n) is 3.20. The van der Waals surface area contributed by atoms with Crippen molar-refractivity contribution < 1.29 is 9.18 Å². The van der Waals surface area contributed by atoms with E-state index in [-0.39, 0.29) is 11.3 Å². The summed E-state index contributed by atoms with van der Waals surface area (Å²) in [5, 5.41) is 8.42. The molecule has 4 rings (SSSR count). The largest absolute Gasteiger partial charge is 0.291 e. The number of halogens is 1. The summed E-state index contributed by atoms with van der Waals surface area (Å²) in [7, 11) is 0. The first-order valence-electron chi connectivity index (χ1n) is 9.84. The highest BCUT2D eigenvalue weighted by Gasteiger charge is 2.17. The van der Waals surface area contributed by atoms with Gasteiger partial charge in [0.15, 0.2) is 5.69 Å². The third-order valence-corrected chi connectivity index (χ3v) is 4.91. The van der Waals surface area contributed by atoms with E-state index in [0.29, 0.717) is 0 Å². The number of para-hydroxylation sites is 1. The van der Waals surface area contributed by atoms with Crippen LogP contribution >= 0.6 is 0 Å². The van der Waals surface area contributed by atoms with Crippen molar-refractivity contribution in [3.8, 4) is 16.9 Å². The smallest absolute Gasteiger partial charge is 0.265 e. The van der Waals surface area contributed by atoms with Crippen LogP contribution in [0.3, 0.4) is 0 Å². The second-order valence-corrected chi connectivity index (χ2v) is 7.20. The van der Waals surface area contributed by atoms with E-state index >= 15 is 0 Å². The molecule has 0 atom stereocenters. The number of benzene rings is 3. The molecule has 0 spiro atoms. The van der Waals surface area contributed by atoms with Crippen molar-refractivity contribution >= 4 is 12.1 Å². The van der Waals surface area contributed by atoms with Crippen LogP contribution in [-0.2, 0) is 0 Å². The highest BCUT2D eigenvalue weighted by Crippen LogP contribution is 2.26. The molecule has 5 nitrogen and oxygen atoms in total. The lowest BCUT2D eigenvalue weighted by Crippen LogP contribution is -2.18. The van der Waals surface area contributed by atoms with Gasteiger partial charge in [-0.2, -0.15) is 10.2 Å². The van der Waals surface area contributed by atoms with Crippen LogP contribution in [0.5, 0.6) is 0 Å². The highest BCUT2D eigenvalue weighted by atomic mass is 19.1. The Bertz CT molecular complexity index is 1260. The molecule has 1 aromatic heterocycles.